The summed E-state index contributed by atoms with van der Waals surface area (Å²) in [6, 6.07) is 6.68. The molecular formula is C15H23NO. The van der Waals surface area contributed by atoms with Crippen LogP contribution >= 0.6 is 0 Å². The van der Waals surface area contributed by atoms with Crippen molar-refractivity contribution >= 4 is 0 Å². The van der Waals surface area contributed by atoms with E-state index in [1.165, 1.54) is 16.7 Å². The topological polar surface area (TPSA) is 21.3 Å². The number of hydrogen-bond donors (Lipinski definition) is 1. The van der Waals surface area contributed by atoms with Crippen molar-refractivity contribution in [3.8, 4) is 0 Å². The highest BCUT2D eigenvalue weighted by atomic mass is 16.5. The maximum atomic E-state index is 6.26. The summed E-state index contributed by atoms with van der Waals surface area (Å²) < 4.78 is 6.26. The van der Waals surface area contributed by atoms with E-state index in [2.05, 4.69) is 51.2 Å². The van der Waals surface area contributed by atoms with Gasteiger partial charge in [0, 0.05) is 13.1 Å². The van der Waals surface area contributed by atoms with Gasteiger partial charge in [-0.1, -0.05) is 36.2 Å². The highest BCUT2D eigenvalue weighted by Gasteiger charge is 2.31. The number of morpholine rings is 1. The van der Waals surface area contributed by atoms with Gasteiger partial charge in [-0.05, 0) is 32.8 Å². The van der Waals surface area contributed by atoms with E-state index < -0.39 is 0 Å². The Hall–Kier alpha value is -0.860. The fraction of sp³-hybridized carbons (Fsp3) is 0.600. The number of hydrogen-bond acceptors (Lipinski definition) is 2. The maximum absolute atomic E-state index is 6.26. The second-order valence-corrected chi connectivity index (χ2v) is 5.46. The molecule has 0 amide bonds. The summed E-state index contributed by atoms with van der Waals surface area (Å²) in [5, 5.41) is 3.49. The SMILES string of the molecule is CCC1(C)CNCC(c2cc(C)cc(C)c2)O1. The molecule has 2 rings (SSSR count). The van der Waals surface area contributed by atoms with Crippen LogP contribution in [-0.4, -0.2) is 18.7 Å². The van der Waals surface area contributed by atoms with Gasteiger partial charge in [-0.15, -0.1) is 0 Å². The molecule has 0 radical (unpaired) electrons. The zero-order valence-electron chi connectivity index (χ0n) is 11.3. The van der Waals surface area contributed by atoms with E-state index >= 15 is 0 Å². The first-order chi connectivity index (χ1) is 8.02. The second-order valence-electron chi connectivity index (χ2n) is 5.46. The largest absolute Gasteiger partial charge is 0.365 e. The Morgan fingerprint density at radius 1 is 1.29 bits per heavy atom. The highest BCUT2D eigenvalue weighted by molar-refractivity contribution is 5.30. The van der Waals surface area contributed by atoms with E-state index in [1.807, 2.05) is 0 Å². The van der Waals surface area contributed by atoms with Crippen LogP contribution < -0.4 is 5.32 Å². The van der Waals surface area contributed by atoms with Crippen LogP contribution in [0.4, 0.5) is 0 Å². The van der Waals surface area contributed by atoms with Crippen molar-refractivity contribution in [3.63, 3.8) is 0 Å². The summed E-state index contributed by atoms with van der Waals surface area (Å²) in [5.41, 5.74) is 3.90. The Kier molecular flexibility index (Phi) is 3.55. The third-order valence-corrected chi connectivity index (χ3v) is 3.62. The van der Waals surface area contributed by atoms with Gasteiger partial charge in [0.25, 0.3) is 0 Å². The molecule has 0 spiro atoms. The fourth-order valence-corrected chi connectivity index (χ4v) is 2.48. The van der Waals surface area contributed by atoms with Crippen molar-refractivity contribution in [3.05, 3.63) is 34.9 Å². The van der Waals surface area contributed by atoms with Gasteiger partial charge in [-0.3, -0.25) is 0 Å². The van der Waals surface area contributed by atoms with Crippen molar-refractivity contribution in [1.29, 1.82) is 0 Å². The van der Waals surface area contributed by atoms with Crippen molar-refractivity contribution in [2.24, 2.45) is 0 Å². The first-order valence-electron chi connectivity index (χ1n) is 6.49. The molecule has 2 heteroatoms. The van der Waals surface area contributed by atoms with E-state index in [0.717, 1.165) is 19.5 Å². The maximum Gasteiger partial charge on any atom is 0.0957 e. The molecule has 1 aromatic rings. The minimum Gasteiger partial charge on any atom is -0.365 e. The lowest BCUT2D eigenvalue weighted by Gasteiger charge is -2.39. The number of aryl methyl sites for hydroxylation is 2. The smallest absolute Gasteiger partial charge is 0.0957 e. The Morgan fingerprint density at radius 2 is 1.94 bits per heavy atom. The van der Waals surface area contributed by atoms with Gasteiger partial charge in [0.05, 0.1) is 11.7 Å². The molecule has 1 fully saturated rings. The lowest BCUT2D eigenvalue weighted by atomic mass is 9.97. The molecule has 2 atom stereocenters. The fourth-order valence-electron chi connectivity index (χ4n) is 2.48. The minimum atomic E-state index is -0.0272. The van der Waals surface area contributed by atoms with E-state index in [4.69, 9.17) is 4.74 Å². The molecule has 17 heavy (non-hydrogen) atoms. The summed E-state index contributed by atoms with van der Waals surface area (Å²) in [4.78, 5) is 0. The summed E-state index contributed by atoms with van der Waals surface area (Å²) in [7, 11) is 0. The van der Waals surface area contributed by atoms with Gasteiger partial charge >= 0.3 is 0 Å². The molecule has 2 nitrogen and oxygen atoms in total. The van der Waals surface area contributed by atoms with Crippen LogP contribution in [0, 0.1) is 13.8 Å². The van der Waals surface area contributed by atoms with Gasteiger partial charge in [-0.2, -0.15) is 0 Å². The van der Waals surface area contributed by atoms with Gasteiger partial charge in [0.1, 0.15) is 0 Å². The van der Waals surface area contributed by atoms with Gasteiger partial charge in [-0.25, -0.2) is 0 Å². The van der Waals surface area contributed by atoms with Crippen LogP contribution in [0.25, 0.3) is 0 Å². The number of benzene rings is 1. The Morgan fingerprint density at radius 3 is 2.53 bits per heavy atom. The Balaban J connectivity index is 2.21. The number of rotatable bonds is 2. The first-order valence-corrected chi connectivity index (χ1v) is 6.49. The molecule has 0 saturated carbocycles. The first kappa shape index (κ1) is 12.6. The number of nitrogens with one attached hydrogen (secondary N) is 1. The van der Waals surface area contributed by atoms with E-state index in [-0.39, 0.29) is 11.7 Å². The summed E-state index contributed by atoms with van der Waals surface area (Å²) in [6.07, 6.45) is 1.23. The molecule has 0 bridgehead atoms. The summed E-state index contributed by atoms with van der Waals surface area (Å²) >= 11 is 0. The standard InChI is InChI=1S/C15H23NO/c1-5-15(4)10-16-9-14(17-15)13-7-11(2)6-12(3)8-13/h6-8,14,16H,5,9-10H2,1-4H3. The van der Waals surface area contributed by atoms with Gasteiger partial charge < -0.3 is 10.1 Å². The third kappa shape index (κ3) is 2.88. The Labute approximate surface area is 104 Å². The van der Waals surface area contributed by atoms with Gasteiger partial charge in [0.15, 0.2) is 0 Å². The number of ether oxygens (including phenoxy) is 1. The lowest BCUT2D eigenvalue weighted by molar-refractivity contribution is -0.109. The van der Waals surface area contributed by atoms with Crippen LogP contribution in [0.15, 0.2) is 18.2 Å². The molecule has 1 aromatic carbocycles. The minimum absolute atomic E-state index is 0.0272. The molecule has 1 aliphatic heterocycles. The van der Waals surface area contributed by atoms with Gasteiger partial charge in [0.2, 0.25) is 0 Å². The summed E-state index contributed by atoms with van der Waals surface area (Å²) in [5.74, 6) is 0. The normalized spacial score (nSPS) is 29.3. The van der Waals surface area contributed by atoms with E-state index in [9.17, 15) is 0 Å². The predicted molar refractivity (Wildman–Crippen MR) is 71.3 cm³/mol. The monoisotopic (exact) mass is 233 g/mol. The Bertz CT molecular complexity index is 382. The van der Waals surface area contributed by atoms with Crippen molar-refractivity contribution in [1.82, 2.24) is 5.32 Å². The molecule has 1 N–H and O–H groups in total. The van der Waals surface area contributed by atoms with Crippen molar-refractivity contribution in [2.75, 3.05) is 13.1 Å². The highest BCUT2D eigenvalue weighted by Crippen LogP contribution is 2.30. The molecule has 1 heterocycles. The van der Waals surface area contributed by atoms with Crippen LogP contribution in [0.3, 0.4) is 0 Å². The van der Waals surface area contributed by atoms with Crippen LogP contribution in [0.1, 0.15) is 43.1 Å². The third-order valence-electron chi connectivity index (χ3n) is 3.62. The second kappa shape index (κ2) is 4.79. The predicted octanol–water partition coefficient (Wildman–Crippen LogP) is 3.13. The zero-order chi connectivity index (χ0) is 12.5. The van der Waals surface area contributed by atoms with Crippen molar-refractivity contribution in [2.45, 2.75) is 45.8 Å². The van der Waals surface area contributed by atoms with Crippen molar-refractivity contribution < 1.29 is 4.74 Å². The molecular weight excluding hydrogens is 210 g/mol. The molecule has 2 unspecified atom stereocenters. The molecule has 1 aliphatic rings. The molecule has 94 valence electrons. The lowest BCUT2D eigenvalue weighted by Crippen LogP contribution is -2.48. The average Bonchev–Trinajstić information content (AvgIpc) is 2.28. The average molecular weight is 233 g/mol. The van der Waals surface area contributed by atoms with Crippen LogP contribution in [0.5, 0.6) is 0 Å². The van der Waals surface area contributed by atoms with E-state index in [0.29, 0.717) is 0 Å². The van der Waals surface area contributed by atoms with E-state index in [1.54, 1.807) is 0 Å². The zero-order valence-corrected chi connectivity index (χ0v) is 11.3. The summed E-state index contributed by atoms with van der Waals surface area (Å²) in [6.45, 7) is 10.5. The van der Waals surface area contributed by atoms with Crippen LogP contribution in [0.2, 0.25) is 0 Å². The quantitative estimate of drug-likeness (QED) is 0.847. The van der Waals surface area contributed by atoms with Crippen LogP contribution in [-0.2, 0) is 4.74 Å². The molecule has 0 aromatic heterocycles. The molecule has 0 aliphatic carbocycles. The molecule has 1 saturated heterocycles.